The summed E-state index contributed by atoms with van der Waals surface area (Å²) in [5.74, 6) is -12.9. The lowest BCUT2D eigenvalue weighted by Crippen LogP contribution is -2.53. The highest BCUT2D eigenvalue weighted by Crippen LogP contribution is 2.44. The second-order valence-corrected chi connectivity index (χ2v) is 16.8. The summed E-state index contributed by atoms with van der Waals surface area (Å²) in [7, 11) is 0. The SMILES string of the molecule is C[C@H](NC(=O)[C@H](CCCCN)NC(=O)[C@H](C)OC(=O)[C@H](CCCCN)NC(=O)[C@H](C)OC(=O)[C@H](CC(=O)O)NC(=O)[C@H](C)OC(=O)[C@H](CC(=O)O)NC(=O)OCC1c2ccccc2-c2ccccc21)C(=O)O. The molecular weight excluding hydrogens is 951 g/mol. The van der Waals surface area contributed by atoms with Gasteiger partial charge in [0.05, 0.1) is 12.8 Å². The Kier molecular flexibility index (Phi) is 23.5. The first-order chi connectivity index (χ1) is 34.1. The molecule has 0 aromatic heterocycles. The molecule has 1 aliphatic carbocycles. The third kappa shape index (κ3) is 18.3. The topological polar surface area (TPSA) is 398 Å². The van der Waals surface area contributed by atoms with Crippen LogP contribution in [0.25, 0.3) is 11.1 Å². The highest BCUT2D eigenvalue weighted by Gasteiger charge is 2.36. The van der Waals surface area contributed by atoms with Crippen molar-refractivity contribution in [3.05, 3.63) is 59.7 Å². The van der Waals surface area contributed by atoms with Crippen LogP contribution in [-0.4, -0.2) is 149 Å². The number of ether oxygens (including phenoxy) is 4. The number of carbonyl (C=O) groups excluding carboxylic acids is 8. The molecule has 2 aromatic carbocycles. The van der Waals surface area contributed by atoms with Gasteiger partial charge in [-0.25, -0.2) is 19.2 Å². The number of carbonyl (C=O) groups is 11. The number of nitrogens with two attached hydrogens (primary N) is 2. The molecule has 3 rings (SSSR count). The lowest BCUT2D eigenvalue weighted by Gasteiger charge is -2.25. The Balaban J connectivity index is 1.62. The number of hydrogen-bond acceptors (Lipinski definition) is 17. The Labute approximate surface area is 413 Å². The molecule has 394 valence electrons. The van der Waals surface area contributed by atoms with Gasteiger partial charge in [-0.15, -0.1) is 0 Å². The molecule has 0 aliphatic heterocycles. The van der Waals surface area contributed by atoms with E-state index in [-0.39, 0.29) is 44.9 Å². The van der Waals surface area contributed by atoms with Gasteiger partial charge in [0.1, 0.15) is 36.8 Å². The number of unbranched alkanes of at least 4 members (excludes halogenated alkanes) is 2. The number of aliphatic carboxylic acids is 3. The Morgan fingerprint density at radius 3 is 1.33 bits per heavy atom. The molecule has 1 aliphatic rings. The maximum atomic E-state index is 13.4. The number of rotatable bonds is 30. The summed E-state index contributed by atoms with van der Waals surface area (Å²) in [6.07, 6.45) is -6.93. The Morgan fingerprint density at radius 1 is 0.514 bits per heavy atom. The number of nitrogens with one attached hydrogen (secondary N) is 5. The summed E-state index contributed by atoms with van der Waals surface area (Å²) < 4.78 is 21.0. The fourth-order valence-electron chi connectivity index (χ4n) is 7.19. The monoisotopic (exact) mass is 1010 g/mol. The maximum Gasteiger partial charge on any atom is 0.407 e. The van der Waals surface area contributed by atoms with Gasteiger partial charge in [0, 0.05) is 5.92 Å². The summed E-state index contributed by atoms with van der Waals surface area (Å²) in [6, 6.07) is 7.11. The lowest BCUT2D eigenvalue weighted by atomic mass is 9.98. The van der Waals surface area contributed by atoms with Crippen molar-refractivity contribution in [3.8, 4) is 11.1 Å². The number of esters is 3. The largest absolute Gasteiger partial charge is 0.481 e. The van der Waals surface area contributed by atoms with E-state index < -0.39 is 127 Å². The summed E-state index contributed by atoms with van der Waals surface area (Å²) in [5.41, 5.74) is 14.8. The second-order valence-electron chi connectivity index (χ2n) is 16.8. The number of fused-ring (bicyclic) bond motifs is 3. The van der Waals surface area contributed by atoms with Crippen LogP contribution in [0, 0.1) is 0 Å². The Bertz CT molecular complexity index is 2250. The van der Waals surface area contributed by atoms with Crippen LogP contribution in [-0.2, 0) is 66.9 Å². The van der Waals surface area contributed by atoms with Crippen molar-refractivity contribution in [1.82, 2.24) is 26.6 Å². The van der Waals surface area contributed by atoms with Crippen LogP contribution in [0.5, 0.6) is 0 Å². The van der Waals surface area contributed by atoms with Gasteiger partial charge in [-0.2, -0.15) is 0 Å². The van der Waals surface area contributed by atoms with Crippen LogP contribution in [0.4, 0.5) is 4.79 Å². The molecule has 5 amide bonds. The first-order valence-electron chi connectivity index (χ1n) is 23.1. The molecule has 0 unspecified atom stereocenters. The molecule has 25 heteroatoms. The molecule has 0 saturated heterocycles. The van der Waals surface area contributed by atoms with Crippen molar-refractivity contribution in [2.75, 3.05) is 19.7 Å². The van der Waals surface area contributed by atoms with Crippen LogP contribution >= 0.6 is 0 Å². The average molecular weight is 1010 g/mol. The third-order valence-corrected chi connectivity index (χ3v) is 11.1. The van der Waals surface area contributed by atoms with E-state index in [4.69, 9.17) is 30.4 Å². The van der Waals surface area contributed by atoms with Gasteiger partial charge in [-0.3, -0.25) is 33.6 Å². The molecule has 12 N–H and O–H groups in total. The summed E-state index contributed by atoms with van der Waals surface area (Å²) in [5, 5.41) is 39.4. The summed E-state index contributed by atoms with van der Waals surface area (Å²) in [4.78, 5) is 140. The second kappa shape index (κ2) is 28.9. The first kappa shape index (κ1) is 58.6. The first-order valence-corrected chi connectivity index (χ1v) is 23.1. The predicted molar refractivity (Wildman–Crippen MR) is 250 cm³/mol. The quantitative estimate of drug-likeness (QED) is 0.0278. The van der Waals surface area contributed by atoms with E-state index in [2.05, 4.69) is 21.3 Å². The minimum atomic E-state index is -2.00. The number of alkyl carbamates (subject to hydrolysis) is 1. The van der Waals surface area contributed by atoms with Crippen molar-refractivity contribution < 1.29 is 87.0 Å². The highest BCUT2D eigenvalue weighted by molar-refractivity contribution is 5.95. The zero-order valence-corrected chi connectivity index (χ0v) is 40.2. The molecule has 0 radical (unpaired) electrons. The normalized spacial score (nSPS) is 14.9. The van der Waals surface area contributed by atoms with E-state index in [1.54, 1.807) is 0 Å². The van der Waals surface area contributed by atoms with Gasteiger partial charge in [0.15, 0.2) is 18.3 Å². The lowest BCUT2D eigenvalue weighted by molar-refractivity contribution is -0.163. The zero-order valence-electron chi connectivity index (χ0n) is 40.2. The smallest absolute Gasteiger partial charge is 0.407 e. The fraction of sp³-hybridized carbons (Fsp3) is 0.511. The summed E-state index contributed by atoms with van der Waals surface area (Å²) >= 11 is 0. The number of amides is 5. The van der Waals surface area contributed by atoms with E-state index in [0.29, 0.717) is 19.3 Å². The number of carboxylic acid groups (broad SMARTS) is 3. The van der Waals surface area contributed by atoms with Gasteiger partial charge in [-0.1, -0.05) is 48.5 Å². The van der Waals surface area contributed by atoms with Gasteiger partial charge in [-0.05, 0) is 102 Å². The Hall–Kier alpha value is -7.67. The molecule has 25 nitrogen and oxygen atoms in total. The Morgan fingerprint density at radius 2 is 0.903 bits per heavy atom. The van der Waals surface area contributed by atoms with Crippen LogP contribution < -0.4 is 38.1 Å². The van der Waals surface area contributed by atoms with E-state index in [9.17, 15) is 68.1 Å². The molecule has 0 spiro atoms. The van der Waals surface area contributed by atoms with E-state index in [1.165, 1.54) is 13.8 Å². The minimum Gasteiger partial charge on any atom is -0.481 e. The van der Waals surface area contributed by atoms with Crippen molar-refractivity contribution in [2.24, 2.45) is 11.5 Å². The van der Waals surface area contributed by atoms with E-state index in [1.807, 2.05) is 53.8 Å². The fourth-order valence-corrected chi connectivity index (χ4v) is 7.19. The van der Waals surface area contributed by atoms with Gasteiger partial charge in [0.25, 0.3) is 17.7 Å². The molecular formula is C47H63N7O18. The molecule has 2 aromatic rings. The summed E-state index contributed by atoms with van der Waals surface area (Å²) in [6.45, 7) is 4.77. The van der Waals surface area contributed by atoms with Gasteiger partial charge in [0.2, 0.25) is 5.91 Å². The van der Waals surface area contributed by atoms with Crippen molar-refractivity contribution in [2.45, 2.75) is 134 Å². The number of hydrogen-bond donors (Lipinski definition) is 10. The third-order valence-electron chi connectivity index (χ3n) is 11.1. The van der Waals surface area contributed by atoms with Crippen molar-refractivity contribution in [3.63, 3.8) is 0 Å². The molecule has 0 saturated carbocycles. The molecule has 0 fully saturated rings. The molecule has 8 atom stereocenters. The average Bonchev–Trinajstić information content (AvgIpc) is 3.64. The van der Waals surface area contributed by atoms with Crippen molar-refractivity contribution >= 4 is 65.5 Å². The maximum absolute atomic E-state index is 13.4. The van der Waals surface area contributed by atoms with E-state index in [0.717, 1.165) is 36.1 Å². The molecule has 72 heavy (non-hydrogen) atoms. The molecule has 0 bridgehead atoms. The molecule has 0 heterocycles. The standard InChI is InChI=1S/C47H63N7O18/c1-24(43(63)64)50-42(62)33(17-9-11-19-48)51-39(59)25(2)70-44(65)34(18-10-12-20-49)52-40(60)26(3)71-45(66)35(21-37(55)56)53-41(61)27(4)72-46(67)36(22-38(57)58)54-47(68)69-23-32-30-15-7-5-13-28(30)29-14-6-8-16-31(29)32/h5-8,13-16,24-27,32-36H,9-12,17-23,48-49H2,1-4H3,(H,50,62)(H,51,59)(H,52,60)(H,53,61)(H,54,68)(H,55,56)(H,57,58)(H,63,64)/t24-,25-,26-,27-,33-,34-,35-,36-/m0/s1. The predicted octanol–water partition coefficient (Wildman–Crippen LogP) is -0.0601. The van der Waals surface area contributed by atoms with Crippen LogP contribution in [0.3, 0.4) is 0 Å². The minimum absolute atomic E-state index is 0.0693. The number of carboxylic acids is 3. The van der Waals surface area contributed by atoms with Gasteiger partial charge >= 0.3 is 41.9 Å². The van der Waals surface area contributed by atoms with E-state index >= 15 is 0 Å². The zero-order chi connectivity index (χ0) is 53.7. The van der Waals surface area contributed by atoms with Crippen LogP contribution in [0.1, 0.15) is 96.1 Å². The van der Waals surface area contributed by atoms with Gasteiger partial charge < -0.3 is 72.3 Å². The van der Waals surface area contributed by atoms with Crippen molar-refractivity contribution in [1.29, 1.82) is 0 Å². The van der Waals surface area contributed by atoms with Crippen LogP contribution in [0.2, 0.25) is 0 Å². The number of benzene rings is 2. The van der Waals surface area contributed by atoms with Crippen LogP contribution in [0.15, 0.2) is 48.5 Å². The highest BCUT2D eigenvalue weighted by atomic mass is 16.6.